The lowest BCUT2D eigenvalue weighted by atomic mass is 10.1. The van der Waals surface area contributed by atoms with Gasteiger partial charge in [-0.05, 0) is 19.3 Å². The van der Waals surface area contributed by atoms with E-state index in [0.717, 1.165) is 25.9 Å². The summed E-state index contributed by atoms with van der Waals surface area (Å²) in [6.07, 6.45) is 3.14. The highest BCUT2D eigenvalue weighted by molar-refractivity contribution is 5.92. The molecule has 1 aromatic rings. The fourth-order valence-corrected chi connectivity index (χ4v) is 2.33. The molecule has 1 saturated heterocycles. The summed E-state index contributed by atoms with van der Waals surface area (Å²) in [6, 6.07) is 3.00. The second-order valence-electron chi connectivity index (χ2n) is 4.81. The van der Waals surface area contributed by atoms with Crippen LogP contribution in [-0.4, -0.2) is 37.2 Å². The van der Waals surface area contributed by atoms with Gasteiger partial charge in [-0.1, -0.05) is 0 Å². The fraction of sp³-hybridized carbons (Fsp3) is 0.500. The maximum absolute atomic E-state index is 11.3. The molecule has 2 aliphatic rings. The van der Waals surface area contributed by atoms with Crippen molar-refractivity contribution in [2.24, 2.45) is 0 Å². The summed E-state index contributed by atoms with van der Waals surface area (Å²) in [5.74, 6) is 0.178. The van der Waals surface area contributed by atoms with Gasteiger partial charge in [-0.25, -0.2) is 4.79 Å². The van der Waals surface area contributed by atoms with Crippen molar-refractivity contribution >= 4 is 5.97 Å². The quantitative estimate of drug-likeness (QED) is 0.910. The van der Waals surface area contributed by atoms with Crippen molar-refractivity contribution in [2.45, 2.75) is 25.4 Å². The Kier molecular flexibility index (Phi) is 3.64. The third kappa shape index (κ3) is 2.65. The predicted molar refractivity (Wildman–Crippen MR) is 68.6 cm³/mol. The monoisotopic (exact) mass is 280 g/mol. The van der Waals surface area contributed by atoms with Crippen molar-refractivity contribution in [1.29, 1.82) is 0 Å². The molecule has 0 radical (unpaired) electrons. The van der Waals surface area contributed by atoms with E-state index in [1.54, 1.807) is 6.07 Å². The summed E-state index contributed by atoms with van der Waals surface area (Å²) in [4.78, 5) is 11.3. The van der Waals surface area contributed by atoms with Crippen LogP contribution in [0.5, 0.6) is 17.2 Å². The Morgan fingerprint density at radius 2 is 2.10 bits per heavy atom. The molecule has 2 aliphatic heterocycles. The predicted octanol–water partition coefficient (Wildman–Crippen LogP) is 2.06. The number of hydrogen-bond donors (Lipinski definition) is 1. The van der Waals surface area contributed by atoms with Crippen molar-refractivity contribution in [3.05, 3.63) is 17.7 Å². The van der Waals surface area contributed by atoms with Gasteiger partial charge in [-0.3, -0.25) is 0 Å². The van der Waals surface area contributed by atoms with E-state index in [-0.39, 0.29) is 24.2 Å². The standard InChI is InChI=1S/C14H16O6/c15-14(16)10-5-12-13(20-8-19-12)6-11(10)18-7-9-3-1-2-4-17-9/h5-6,9H,1-4,7-8H2,(H,15,16). The molecule has 6 heteroatoms. The van der Waals surface area contributed by atoms with Crippen LogP contribution in [0, 0.1) is 0 Å². The van der Waals surface area contributed by atoms with Crippen LogP contribution in [0.15, 0.2) is 12.1 Å². The van der Waals surface area contributed by atoms with Crippen LogP contribution in [-0.2, 0) is 4.74 Å². The Hall–Kier alpha value is -1.95. The molecule has 1 fully saturated rings. The van der Waals surface area contributed by atoms with Crippen LogP contribution < -0.4 is 14.2 Å². The summed E-state index contributed by atoms with van der Waals surface area (Å²) in [5, 5.41) is 9.23. The van der Waals surface area contributed by atoms with E-state index >= 15 is 0 Å². The number of aromatic carboxylic acids is 1. The van der Waals surface area contributed by atoms with E-state index in [1.165, 1.54) is 6.07 Å². The summed E-state index contributed by atoms with van der Waals surface area (Å²) in [7, 11) is 0. The van der Waals surface area contributed by atoms with Crippen molar-refractivity contribution in [2.75, 3.05) is 20.0 Å². The van der Waals surface area contributed by atoms with Gasteiger partial charge in [0.2, 0.25) is 6.79 Å². The lowest BCUT2D eigenvalue weighted by Gasteiger charge is -2.23. The second kappa shape index (κ2) is 5.58. The molecule has 20 heavy (non-hydrogen) atoms. The van der Waals surface area contributed by atoms with Crippen LogP contribution >= 0.6 is 0 Å². The van der Waals surface area contributed by atoms with Gasteiger partial charge in [0.15, 0.2) is 11.5 Å². The third-order valence-electron chi connectivity index (χ3n) is 3.40. The molecule has 1 N–H and O–H groups in total. The van der Waals surface area contributed by atoms with Crippen molar-refractivity contribution in [3.63, 3.8) is 0 Å². The van der Waals surface area contributed by atoms with Crippen LogP contribution in [0.3, 0.4) is 0 Å². The third-order valence-corrected chi connectivity index (χ3v) is 3.40. The summed E-state index contributed by atoms with van der Waals surface area (Å²) in [5.41, 5.74) is 0.0741. The molecule has 2 heterocycles. The van der Waals surface area contributed by atoms with Crippen LogP contribution in [0.2, 0.25) is 0 Å². The topological polar surface area (TPSA) is 74.2 Å². The van der Waals surface area contributed by atoms with E-state index < -0.39 is 5.97 Å². The molecule has 0 aliphatic carbocycles. The van der Waals surface area contributed by atoms with Crippen LogP contribution in [0.4, 0.5) is 0 Å². The fourth-order valence-electron chi connectivity index (χ4n) is 2.33. The first-order chi connectivity index (χ1) is 9.74. The minimum Gasteiger partial charge on any atom is -0.490 e. The normalized spacial score (nSPS) is 20.7. The average Bonchev–Trinajstić information content (AvgIpc) is 2.92. The molecule has 3 rings (SSSR count). The van der Waals surface area contributed by atoms with E-state index in [9.17, 15) is 9.90 Å². The first-order valence-electron chi connectivity index (χ1n) is 6.65. The molecule has 6 nitrogen and oxygen atoms in total. The van der Waals surface area contributed by atoms with Gasteiger partial charge >= 0.3 is 5.97 Å². The molecule has 0 spiro atoms. The molecular formula is C14H16O6. The van der Waals surface area contributed by atoms with E-state index in [4.69, 9.17) is 18.9 Å². The summed E-state index contributed by atoms with van der Waals surface area (Å²) < 4.78 is 21.6. The molecule has 0 saturated carbocycles. The van der Waals surface area contributed by atoms with Gasteiger partial charge in [0.25, 0.3) is 0 Å². The van der Waals surface area contributed by atoms with Gasteiger partial charge in [-0.2, -0.15) is 0 Å². The number of rotatable bonds is 4. The molecule has 0 aromatic heterocycles. The first kappa shape index (κ1) is 13.1. The molecule has 1 aromatic carbocycles. The number of benzene rings is 1. The Balaban J connectivity index is 1.75. The maximum Gasteiger partial charge on any atom is 0.339 e. The molecule has 0 bridgehead atoms. The zero-order chi connectivity index (χ0) is 13.9. The Morgan fingerprint density at radius 3 is 2.80 bits per heavy atom. The smallest absolute Gasteiger partial charge is 0.339 e. The lowest BCUT2D eigenvalue weighted by Crippen LogP contribution is -2.26. The molecule has 1 unspecified atom stereocenters. The SMILES string of the molecule is O=C(O)c1cc2c(cc1OCC1CCCCO1)OCO2. The second-order valence-corrected chi connectivity index (χ2v) is 4.81. The van der Waals surface area contributed by atoms with Crippen LogP contribution in [0.1, 0.15) is 29.6 Å². The maximum atomic E-state index is 11.3. The molecule has 108 valence electrons. The average molecular weight is 280 g/mol. The number of ether oxygens (including phenoxy) is 4. The van der Waals surface area contributed by atoms with Gasteiger partial charge < -0.3 is 24.1 Å². The Bertz CT molecular complexity index is 507. The molecular weight excluding hydrogens is 264 g/mol. The van der Waals surface area contributed by atoms with E-state index in [1.807, 2.05) is 0 Å². The highest BCUT2D eigenvalue weighted by Crippen LogP contribution is 2.38. The largest absolute Gasteiger partial charge is 0.490 e. The van der Waals surface area contributed by atoms with Gasteiger partial charge in [0, 0.05) is 18.7 Å². The zero-order valence-electron chi connectivity index (χ0n) is 11.0. The van der Waals surface area contributed by atoms with E-state index in [2.05, 4.69) is 0 Å². The zero-order valence-corrected chi connectivity index (χ0v) is 11.0. The molecule has 0 amide bonds. The number of carbonyl (C=O) groups is 1. The van der Waals surface area contributed by atoms with Crippen molar-refractivity contribution < 1.29 is 28.8 Å². The Labute approximate surface area is 116 Å². The minimum absolute atomic E-state index is 0.0239. The number of carboxylic acid groups (broad SMARTS) is 1. The van der Waals surface area contributed by atoms with Gasteiger partial charge in [0.1, 0.15) is 17.9 Å². The Morgan fingerprint density at radius 1 is 1.30 bits per heavy atom. The highest BCUT2D eigenvalue weighted by atomic mass is 16.7. The number of carboxylic acids is 1. The number of fused-ring (bicyclic) bond motifs is 1. The van der Waals surface area contributed by atoms with E-state index in [0.29, 0.717) is 18.1 Å². The van der Waals surface area contributed by atoms with Crippen molar-refractivity contribution in [3.8, 4) is 17.2 Å². The summed E-state index contributed by atoms with van der Waals surface area (Å²) >= 11 is 0. The van der Waals surface area contributed by atoms with Crippen LogP contribution in [0.25, 0.3) is 0 Å². The highest BCUT2D eigenvalue weighted by Gasteiger charge is 2.23. The number of hydrogen-bond acceptors (Lipinski definition) is 5. The van der Waals surface area contributed by atoms with Crippen molar-refractivity contribution in [1.82, 2.24) is 0 Å². The first-order valence-corrected chi connectivity index (χ1v) is 6.65. The molecule has 1 atom stereocenters. The van der Waals surface area contributed by atoms with Gasteiger partial charge in [0.05, 0.1) is 6.10 Å². The minimum atomic E-state index is -1.05. The lowest BCUT2D eigenvalue weighted by molar-refractivity contribution is -0.0113. The van der Waals surface area contributed by atoms with Gasteiger partial charge in [-0.15, -0.1) is 0 Å². The summed E-state index contributed by atoms with van der Waals surface area (Å²) in [6.45, 7) is 1.18.